The summed E-state index contributed by atoms with van der Waals surface area (Å²) >= 11 is 0. The van der Waals surface area contributed by atoms with Gasteiger partial charge in [0, 0.05) is 19.2 Å². The van der Waals surface area contributed by atoms with Crippen LogP contribution in [0, 0.1) is 13.8 Å². The lowest BCUT2D eigenvalue weighted by Gasteiger charge is -2.10. The lowest BCUT2D eigenvalue weighted by atomic mass is 10.1. The first-order valence-electron chi connectivity index (χ1n) is 6.65. The van der Waals surface area contributed by atoms with E-state index in [9.17, 15) is 4.79 Å². The topological polar surface area (TPSA) is 67.2 Å². The molecular weight excluding hydrogens is 254 g/mol. The maximum Gasteiger partial charge on any atom is 0.293 e. The third-order valence-corrected chi connectivity index (χ3v) is 2.94. The Balaban J connectivity index is 2.17. The SMILES string of the molecule is CCNCc1ccccc1NC(=O)c1oc(C)nc1C. The number of para-hydroxylation sites is 1. The van der Waals surface area contributed by atoms with Crippen LogP contribution in [-0.4, -0.2) is 17.4 Å². The number of oxazole rings is 1. The zero-order valence-corrected chi connectivity index (χ0v) is 12.0. The number of carbonyl (C=O) groups excluding carboxylic acids is 1. The molecule has 5 nitrogen and oxygen atoms in total. The van der Waals surface area contributed by atoms with Crippen molar-refractivity contribution < 1.29 is 9.21 Å². The van der Waals surface area contributed by atoms with Crippen molar-refractivity contribution in [3.63, 3.8) is 0 Å². The number of amides is 1. The van der Waals surface area contributed by atoms with Gasteiger partial charge in [0.25, 0.3) is 5.91 Å². The van der Waals surface area contributed by atoms with Gasteiger partial charge < -0.3 is 15.1 Å². The van der Waals surface area contributed by atoms with Crippen LogP contribution in [0.4, 0.5) is 5.69 Å². The van der Waals surface area contributed by atoms with E-state index in [1.807, 2.05) is 31.2 Å². The van der Waals surface area contributed by atoms with Gasteiger partial charge in [-0.15, -0.1) is 0 Å². The second-order valence-electron chi connectivity index (χ2n) is 4.54. The molecule has 5 heteroatoms. The third kappa shape index (κ3) is 3.24. The molecule has 2 aromatic rings. The molecule has 106 valence electrons. The molecule has 2 N–H and O–H groups in total. The Morgan fingerprint density at radius 1 is 1.30 bits per heavy atom. The van der Waals surface area contributed by atoms with Crippen molar-refractivity contribution in [1.82, 2.24) is 10.3 Å². The van der Waals surface area contributed by atoms with Gasteiger partial charge in [-0.2, -0.15) is 0 Å². The van der Waals surface area contributed by atoms with Crippen molar-refractivity contribution in [2.75, 3.05) is 11.9 Å². The number of carbonyl (C=O) groups is 1. The Kier molecular flexibility index (Phi) is 4.53. The summed E-state index contributed by atoms with van der Waals surface area (Å²) in [4.78, 5) is 16.3. The van der Waals surface area contributed by atoms with Crippen LogP contribution >= 0.6 is 0 Å². The fraction of sp³-hybridized carbons (Fsp3) is 0.333. The molecule has 0 aliphatic rings. The van der Waals surface area contributed by atoms with Crippen molar-refractivity contribution in [1.29, 1.82) is 0 Å². The van der Waals surface area contributed by atoms with E-state index in [0.717, 1.165) is 17.8 Å². The van der Waals surface area contributed by atoms with Gasteiger partial charge in [0.1, 0.15) is 0 Å². The van der Waals surface area contributed by atoms with Gasteiger partial charge in [-0.05, 0) is 25.1 Å². The summed E-state index contributed by atoms with van der Waals surface area (Å²) in [6.07, 6.45) is 0. The number of hydrogen-bond acceptors (Lipinski definition) is 4. The normalized spacial score (nSPS) is 10.6. The Labute approximate surface area is 118 Å². The van der Waals surface area contributed by atoms with Crippen LogP contribution in [0.5, 0.6) is 0 Å². The second-order valence-corrected chi connectivity index (χ2v) is 4.54. The maximum atomic E-state index is 12.2. The van der Waals surface area contributed by atoms with E-state index in [0.29, 0.717) is 18.1 Å². The molecule has 0 saturated carbocycles. The summed E-state index contributed by atoms with van der Waals surface area (Å²) in [7, 11) is 0. The summed E-state index contributed by atoms with van der Waals surface area (Å²) < 4.78 is 5.33. The zero-order valence-electron chi connectivity index (χ0n) is 12.0. The number of aromatic nitrogens is 1. The number of nitrogens with zero attached hydrogens (tertiary/aromatic N) is 1. The van der Waals surface area contributed by atoms with Gasteiger partial charge in [-0.1, -0.05) is 25.1 Å². The van der Waals surface area contributed by atoms with Crippen LogP contribution in [0.2, 0.25) is 0 Å². The minimum absolute atomic E-state index is 0.265. The standard InChI is InChI=1S/C15H19N3O2/c1-4-16-9-12-7-5-6-8-13(12)18-15(19)14-10(2)17-11(3)20-14/h5-8,16H,4,9H2,1-3H3,(H,18,19). The highest BCUT2D eigenvalue weighted by atomic mass is 16.4. The fourth-order valence-electron chi connectivity index (χ4n) is 1.98. The maximum absolute atomic E-state index is 12.2. The summed E-state index contributed by atoms with van der Waals surface area (Å²) in [6.45, 7) is 7.12. The number of anilines is 1. The van der Waals surface area contributed by atoms with Gasteiger partial charge in [-0.3, -0.25) is 4.79 Å². The van der Waals surface area contributed by atoms with Crippen LogP contribution in [0.25, 0.3) is 0 Å². The quantitative estimate of drug-likeness (QED) is 0.879. The molecule has 0 saturated heterocycles. The predicted molar refractivity (Wildman–Crippen MR) is 77.8 cm³/mol. The minimum atomic E-state index is -0.271. The number of rotatable bonds is 5. The molecule has 1 heterocycles. The van der Waals surface area contributed by atoms with E-state index in [-0.39, 0.29) is 11.7 Å². The molecule has 1 aromatic heterocycles. The summed E-state index contributed by atoms with van der Waals surface area (Å²) in [5.41, 5.74) is 2.42. The summed E-state index contributed by atoms with van der Waals surface area (Å²) in [5.74, 6) is 0.487. The predicted octanol–water partition coefficient (Wildman–Crippen LogP) is 2.65. The molecule has 0 radical (unpaired) electrons. The van der Waals surface area contributed by atoms with E-state index in [2.05, 4.69) is 15.6 Å². The van der Waals surface area contributed by atoms with Crippen LogP contribution < -0.4 is 10.6 Å². The van der Waals surface area contributed by atoms with Crippen LogP contribution in [-0.2, 0) is 6.54 Å². The highest BCUT2D eigenvalue weighted by Gasteiger charge is 2.16. The fourth-order valence-corrected chi connectivity index (χ4v) is 1.98. The number of nitrogens with one attached hydrogen (secondary N) is 2. The molecule has 0 fully saturated rings. The van der Waals surface area contributed by atoms with Crippen molar-refractivity contribution in [3.8, 4) is 0 Å². The van der Waals surface area contributed by atoms with Gasteiger partial charge in [0.2, 0.25) is 5.76 Å². The Morgan fingerprint density at radius 3 is 2.70 bits per heavy atom. The van der Waals surface area contributed by atoms with Crippen molar-refractivity contribution in [2.24, 2.45) is 0 Å². The van der Waals surface area contributed by atoms with Crippen molar-refractivity contribution >= 4 is 11.6 Å². The Hall–Kier alpha value is -2.14. The number of aryl methyl sites for hydroxylation is 2. The first kappa shape index (κ1) is 14.3. The Bertz CT molecular complexity index is 605. The molecule has 1 amide bonds. The zero-order chi connectivity index (χ0) is 14.5. The van der Waals surface area contributed by atoms with E-state index >= 15 is 0 Å². The van der Waals surface area contributed by atoms with Gasteiger partial charge >= 0.3 is 0 Å². The van der Waals surface area contributed by atoms with Gasteiger partial charge in [0.05, 0.1) is 5.69 Å². The highest BCUT2D eigenvalue weighted by Crippen LogP contribution is 2.17. The summed E-state index contributed by atoms with van der Waals surface area (Å²) in [6, 6.07) is 7.70. The molecule has 0 aliphatic carbocycles. The molecule has 0 bridgehead atoms. The van der Waals surface area contributed by atoms with E-state index in [1.165, 1.54) is 0 Å². The molecule has 1 aromatic carbocycles. The van der Waals surface area contributed by atoms with Crippen molar-refractivity contribution in [2.45, 2.75) is 27.3 Å². The van der Waals surface area contributed by atoms with Crippen molar-refractivity contribution in [3.05, 3.63) is 47.2 Å². The molecule has 0 atom stereocenters. The second kappa shape index (κ2) is 6.34. The van der Waals surface area contributed by atoms with Gasteiger partial charge in [-0.25, -0.2) is 4.98 Å². The first-order valence-corrected chi connectivity index (χ1v) is 6.65. The average molecular weight is 273 g/mol. The van der Waals surface area contributed by atoms with Crippen LogP contribution in [0.15, 0.2) is 28.7 Å². The average Bonchev–Trinajstić information content (AvgIpc) is 2.77. The van der Waals surface area contributed by atoms with E-state index < -0.39 is 0 Å². The molecule has 20 heavy (non-hydrogen) atoms. The minimum Gasteiger partial charge on any atom is -0.436 e. The number of benzene rings is 1. The largest absolute Gasteiger partial charge is 0.436 e. The van der Waals surface area contributed by atoms with E-state index in [4.69, 9.17) is 4.42 Å². The monoisotopic (exact) mass is 273 g/mol. The molecule has 0 aliphatic heterocycles. The lowest BCUT2D eigenvalue weighted by Crippen LogP contribution is -2.17. The highest BCUT2D eigenvalue weighted by molar-refractivity contribution is 6.03. The lowest BCUT2D eigenvalue weighted by molar-refractivity contribution is 0.0994. The van der Waals surface area contributed by atoms with Crippen LogP contribution in [0.3, 0.4) is 0 Å². The number of hydrogen-bond donors (Lipinski definition) is 2. The smallest absolute Gasteiger partial charge is 0.293 e. The molecule has 0 spiro atoms. The molecular formula is C15H19N3O2. The first-order chi connectivity index (χ1) is 9.61. The van der Waals surface area contributed by atoms with E-state index in [1.54, 1.807) is 13.8 Å². The molecule has 2 rings (SSSR count). The van der Waals surface area contributed by atoms with Crippen LogP contribution in [0.1, 0.15) is 34.6 Å². The third-order valence-electron chi connectivity index (χ3n) is 2.94. The van der Waals surface area contributed by atoms with Gasteiger partial charge in [0.15, 0.2) is 5.89 Å². The summed E-state index contributed by atoms with van der Waals surface area (Å²) in [5, 5.41) is 6.12. The Morgan fingerprint density at radius 2 is 2.05 bits per heavy atom. The molecule has 0 unspecified atom stereocenters.